The first-order valence-corrected chi connectivity index (χ1v) is 14.8. The van der Waals surface area contributed by atoms with Crippen molar-refractivity contribution >= 4 is 62.3 Å². The van der Waals surface area contributed by atoms with Gasteiger partial charge in [0, 0.05) is 24.5 Å². The summed E-state index contributed by atoms with van der Waals surface area (Å²) in [6.45, 7) is 1.67. The molecule has 0 saturated heterocycles. The van der Waals surface area contributed by atoms with Crippen molar-refractivity contribution in [3.8, 4) is 0 Å². The van der Waals surface area contributed by atoms with Crippen molar-refractivity contribution in [2.75, 3.05) is 23.7 Å². The first kappa shape index (κ1) is 29.8. The lowest BCUT2D eigenvalue weighted by Gasteiger charge is -2.33. The van der Waals surface area contributed by atoms with Gasteiger partial charge in [-0.25, -0.2) is 8.42 Å². The minimum Gasteiger partial charge on any atom is -0.355 e. The second-order valence-electron chi connectivity index (χ2n) is 8.62. The Morgan fingerprint density at radius 3 is 2.13 bits per heavy atom. The Bertz CT molecular complexity index is 1370. The third-order valence-electron chi connectivity index (χ3n) is 5.76. The number of benzene rings is 3. The highest BCUT2D eigenvalue weighted by Gasteiger charge is 2.33. The van der Waals surface area contributed by atoms with E-state index < -0.39 is 28.5 Å². The van der Waals surface area contributed by atoms with E-state index in [1.54, 1.807) is 31.2 Å². The molecule has 0 radical (unpaired) electrons. The Morgan fingerprint density at radius 2 is 1.55 bits per heavy atom. The fraction of sp³-hybridized carbons (Fsp3) is 0.259. The van der Waals surface area contributed by atoms with E-state index in [2.05, 4.69) is 5.32 Å². The molecule has 0 bridgehead atoms. The molecule has 3 rings (SSSR count). The molecule has 0 saturated carbocycles. The summed E-state index contributed by atoms with van der Waals surface area (Å²) >= 11 is 18.2. The molecule has 7 nitrogen and oxygen atoms in total. The van der Waals surface area contributed by atoms with Gasteiger partial charge in [0.05, 0.1) is 22.0 Å². The molecule has 202 valence electrons. The highest BCUT2D eigenvalue weighted by atomic mass is 35.5. The van der Waals surface area contributed by atoms with Crippen molar-refractivity contribution in [3.05, 3.63) is 99.0 Å². The number of amides is 2. The van der Waals surface area contributed by atoms with Crippen LogP contribution in [0.1, 0.15) is 18.1 Å². The summed E-state index contributed by atoms with van der Waals surface area (Å²) in [6, 6.07) is 19.6. The van der Waals surface area contributed by atoms with Gasteiger partial charge in [-0.2, -0.15) is 0 Å². The van der Waals surface area contributed by atoms with Gasteiger partial charge >= 0.3 is 0 Å². The van der Waals surface area contributed by atoms with Gasteiger partial charge in [-0.15, -0.1) is 0 Å². The van der Waals surface area contributed by atoms with Crippen molar-refractivity contribution < 1.29 is 18.0 Å². The normalized spacial score (nSPS) is 12.0. The molecule has 0 spiro atoms. The zero-order valence-corrected chi connectivity index (χ0v) is 24.0. The molecule has 1 atom stereocenters. The number of carbonyl (C=O) groups is 2. The molecule has 3 aromatic rings. The van der Waals surface area contributed by atoms with Gasteiger partial charge in [0.25, 0.3) is 0 Å². The monoisotopic (exact) mass is 595 g/mol. The number of nitrogens with zero attached hydrogens (tertiary/aromatic N) is 2. The summed E-state index contributed by atoms with van der Waals surface area (Å²) in [5.74, 6) is -0.914. The smallest absolute Gasteiger partial charge is 0.244 e. The standard InChI is InChI=1S/C27H28Cl3N3O4S/c1-3-31-27(35)25(15-19-7-5-4-6-8-19)32(17-20-9-11-21(28)12-10-20)26(34)18-33(38(2,36)37)22-13-14-23(29)24(30)16-22/h4-14,16,25H,3,15,17-18H2,1-2H3,(H,31,35)/t25-/m0/s1. The quantitative estimate of drug-likeness (QED) is 0.330. The molecule has 0 fully saturated rings. The fourth-order valence-electron chi connectivity index (χ4n) is 3.89. The average Bonchev–Trinajstić information content (AvgIpc) is 2.87. The Balaban J connectivity index is 2.04. The van der Waals surface area contributed by atoms with Crippen LogP contribution in [0.3, 0.4) is 0 Å². The lowest BCUT2D eigenvalue weighted by molar-refractivity contribution is -0.140. The molecule has 1 N–H and O–H groups in total. The number of halogens is 3. The maximum absolute atomic E-state index is 13.9. The van der Waals surface area contributed by atoms with E-state index >= 15 is 0 Å². The third-order valence-corrected chi connectivity index (χ3v) is 7.89. The van der Waals surface area contributed by atoms with E-state index in [0.29, 0.717) is 11.6 Å². The number of rotatable bonds is 11. The van der Waals surface area contributed by atoms with Gasteiger partial charge in [0.2, 0.25) is 21.8 Å². The maximum Gasteiger partial charge on any atom is 0.244 e. The van der Waals surface area contributed by atoms with Gasteiger partial charge in [-0.1, -0.05) is 77.3 Å². The van der Waals surface area contributed by atoms with Crippen LogP contribution in [-0.2, 0) is 32.6 Å². The molecule has 0 aliphatic carbocycles. The Hall–Kier alpha value is -2.78. The molecule has 0 aliphatic heterocycles. The average molecular weight is 597 g/mol. The van der Waals surface area contributed by atoms with Crippen LogP contribution in [0.2, 0.25) is 15.1 Å². The molecule has 3 aromatic carbocycles. The van der Waals surface area contributed by atoms with Gasteiger partial charge in [-0.05, 0) is 48.4 Å². The molecule has 0 aromatic heterocycles. The van der Waals surface area contributed by atoms with Crippen molar-refractivity contribution in [2.24, 2.45) is 0 Å². The number of hydrogen-bond donors (Lipinski definition) is 1. The lowest BCUT2D eigenvalue weighted by Crippen LogP contribution is -2.53. The Kier molecular flexibility index (Phi) is 10.4. The van der Waals surface area contributed by atoms with Crippen molar-refractivity contribution in [3.63, 3.8) is 0 Å². The second-order valence-corrected chi connectivity index (χ2v) is 11.8. The first-order valence-electron chi connectivity index (χ1n) is 11.8. The third kappa shape index (κ3) is 8.11. The predicted octanol–water partition coefficient (Wildman–Crippen LogP) is 5.19. The van der Waals surface area contributed by atoms with Crippen molar-refractivity contribution in [2.45, 2.75) is 25.9 Å². The topological polar surface area (TPSA) is 86.8 Å². The first-order chi connectivity index (χ1) is 18.0. The fourth-order valence-corrected chi connectivity index (χ4v) is 5.15. The molecule has 2 amide bonds. The number of hydrogen-bond acceptors (Lipinski definition) is 4. The number of likely N-dealkylation sites (N-methyl/N-ethyl adjacent to an activating group) is 1. The number of anilines is 1. The van der Waals surface area contributed by atoms with Crippen LogP contribution >= 0.6 is 34.8 Å². The molecule has 11 heteroatoms. The zero-order valence-electron chi connectivity index (χ0n) is 20.9. The Labute approximate surface area is 238 Å². The van der Waals surface area contributed by atoms with Crippen LogP contribution < -0.4 is 9.62 Å². The number of carbonyl (C=O) groups excluding carboxylic acids is 2. The molecular weight excluding hydrogens is 569 g/mol. The number of sulfonamides is 1. The molecule has 0 aliphatic rings. The van der Waals surface area contributed by atoms with Gasteiger partial charge in [0.1, 0.15) is 12.6 Å². The SMILES string of the molecule is CCNC(=O)[C@H](Cc1ccccc1)N(Cc1ccc(Cl)cc1)C(=O)CN(c1ccc(Cl)c(Cl)c1)S(C)(=O)=O. The number of nitrogens with one attached hydrogen (secondary N) is 1. The molecule has 0 unspecified atom stereocenters. The van der Waals surface area contributed by atoms with Crippen LogP contribution in [0.15, 0.2) is 72.8 Å². The molecule has 38 heavy (non-hydrogen) atoms. The van der Waals surface area contributed by atoms with Gasteiger partial charge < -0.3 is 10.2 Å². The van der Waals surface area contributed by atoms with E-state index in [9.17, 15) is 18.0 Å². The van der Waals surface area contributed by atoms with E-state index in [1.165, 1.54) is 23.1 Å². The summed E-state index contributed by atoms with van der Waals surface area (Å²) < 4.78 is 26.5. The van der Waals surface area contributed by atoms with Gasteiger partial charge in [-0.3, -0.25) is 13.9 Å². The van der Waals surface area contributed by atoms with E-state index in [0.717, 1.165) is 21.7 Å². The molecule has 0 heterocycles. The minimum absolute atomic E-state index is 0.0591. The van der Waals surface area contributed by atoms with Crippen LogP contribution in [0.5, 0.6) is 0 Å². The van der Waals surface area contributed by atoms with Crippen LogP contribution in [-0.4, -0.2) is 50.5 Å². The Morgan fingerprint density at radius 1 is 0.895 bits per heavy atom. The van der Waals surface area contributed by atoms with Crippen molar-refractivity contribution in [1.29, 1.82) is 0 Å². The van der Waals surface area contributed by atoms with E-state index in [1.807, 2.05) is 30.3 Å². The van der Waals surface area contributed by atoms with Gasteiger partial charge in [0.15, 0.2) is 0 Å². The summed E-state index contributed by atoms with van der Waals surface area (Å²) in [5.41, 5.74) is 1.76. The van der Waals surface area contributed by atoms with Crippen molar-refractivity contribution in [1.82, 2.24) is 10.2 Å². The predicted molar refractivity (Wildman–Crippen MR) is 153 cm³/mol. The maximum atomic E-state index is 13.9. The van der Waals surface area contributed by atoms with Crippen LogP contribution in [0, 0.1) is 0 Å². The highest BCUT2D eigenvalue weighted by Crippen LogP contribution is 2.29. The summed E-state index contributed by atoms with van der Waals surface area (Å²) in [5, 5.41) is 3.73. The second kappa shape index (κ2) is 13.3. The molecular formula is C27H28Cl3N3O4S. The zero-order chi connectivity index (χ0) is 27.9. The van der Waals surface area contributed by atoms with Crippen LogP contribution in [0.4, 0.5) is 5.69 Å². The summed E-state index contributed by atoms with van der Waals surface area (Å²) in [6.07, 6.45) is 1.23. The van der Waals surface area contributed by atoms with E-state index in [4.69, 9.17) is 34.8 Å². The minimum atomic E-state index is -3.90. The van der Waals surface area contributed by atoms with Crippen LogP contribution in [0.25, 0.3) is 0 Å². The lowest BCUT2D eigenvalue weighted by atomic mass is 10.0. The summed E-state index contributed by atoms with van der Waals surface area (Å²) in [7, 11) is -3.90. The highest BCUT2D eigenvalue weighted by molar-refractivity contribution is 7.92. The largest absolute Gasteiger partial charge is 0.355 e. The summed E-state index contributed by atoms with van der Waals surface area (Å²) in [4.78, 5) is 28.6. The van der Waals surface area contributed by atoms with E-state index in [-0.39, 0.29) is 34.6 Å².